The van der Waals surface area contributed by atoms with E-state index in [1.165, 1.54) is 5.56 Å². The van der Waals surface area contributed by atoms with Gasteiger partial charge < -0.3 is 10.1 Å². The Morgan fingerprint density at radius 1 is 1.32 bits per heavy atom. The number of pyridine rings is 1. The van der Waals surface area contributed by atoms with Crippen LogP contribution in [0.5, 0.6) is 0 Å². The Balaban J connectivity index is 2.50. The molecule has 1 aromatic rings. The van der Waals surface area contributed by atoms with E-state index in [4.69, 9.17) is 4.74 Å². The summed E-state index contributed by atoms with van der Waals surface area (Å²) in [6, 6.07) is 4.22. The summed E-state index contributed by atoms with van der Waals surface area (Å²) in [5.74, 6) is 0.627. The molecule has 0 fully saturated rings. The number of hydrogen-bond acceptors (Lipinski definition) is 2. The Morgan fingerprint density at radius 3 is 2.47 bits per heavy atom. The minimum Gasteiger partial charge on any atom is -0.383 e. The highest BCUT2D eigenvalue weighted by atomic mass is 16.5. The standard InChI is InChI=1S/C15H24N2O2/c1-4-13(5-2)14-6-9-17(10-7-14)12-15(18)16-8-11-19-3/h6-7,9-10,13H,4-5,8,11-12H2,1-3H3/p+1. The maximum absolute atomic E-state index is 11.6. The van der Waals surface area contributed by atoms with Gasteiger partial charge in [0.15, 0.2) is 12.4 Å². The molecule has 0 radical (unpaired) electrons. The Labute approximate surface area is 115 Å². The van der Waals surface area contributed by atoms with Gasteiger partial charge in [-0.1, -0.05) is 13.8 Å². The maximum Gasteiger partial charge on any atom is 0.286 e. The quantitative estimate of drug-likeness (QED) is 0.573. The SMILES string of the molecule is CCC(CC)c1cc[n+](CC(=O)NCCOC)cc1. The van der Waals surface area contributed by atoms with Crippen molar-refractivity contribution in [1.82, 2.24) is 5.32 Å². The maximum atomic E-state index is 11.6. The molecular weight excluding hydrogens is 240 g/mol. The van der Waals surface area contributed by atoms with Crippen LogP contribution in [0.25, 0.3) is 0 Å². The average molecular weight is 265 g/mol. The normalized spacial score (nSPS) is 10.7. The first kappa shape index (κ1) is 15.6. The fourth-order valence-electron chi connectivity index (χ4n) is 2.12. The molecule has 4 heteroatoms. The third-order valence-electron chi connectivity index (χ3n) is 3.33. The van der Waals surface area contributed by atoms with E-state index < -0.39 is 0 Å². The number of aromatic nitrogens is 1. The van der Waals surface area contributed by atoms with E-state index in [0.717, 1.165) is 12.8 Å². The number of hydrogen-bond donors (Lipinski definition) is 1. The topological polar surface area (TPSA) is 42.2 Å². The van der Waals surface area contributed by atoms with Crippen LogP contribution in [0.3, 0.4) is 0 Å². The van der Waals surface area contributed by atoms with E-state index in [1.807, 2.05) is 17.0 Å². The summed E-state index contributed by atoms with van der Waals surface area (Å²) in [6.07, 6.45) is 6.25. The molecular formula is C15H25N2O2+. The van der Waals surface area contributed by atoms with Crippen molar-refractivity contribution in [2.24, 2.45) is 0 Å². The number of nitrogens with zero attached hydrogens (tertiary/aromatic N) is 1. The lowest BCUT2D eigenvalue weighted by Crippen LogP contribution is -2.43. The second kappa shape index (κ2) is 8.64. The highest BCUT2D eigenvalue weighted by molar-refractivity contribution is 5.74. The zero-order chi connectivity index (χ0) is 14.1. The van der Waals surface area contributed by atoms with Gasteiger partial charge in [0.05, 0.1) is 6.61 Å². The van der Waals surface area contributed by atoms with Gasteiger partial charge in [-0.05, 0) is 24.3 Å². The Hall–Kier alpha value is -1.42. The van der Waals surface area contributed by atoms with Crippen LogP contribution in [0.2, 0.25) is 0 Å². The van der Waals surface area contributed by atoms with Crippen molar-refractivity contribution in [3.05, 3.63) is 30.1 Å². The van der Waals surface area contributed by atoms with Crippen LogP contribution in [0.1, 0.15) is 38.2 Å². The monoisotopic (exact) mass is 265 g/mol. The van der Waals surface area contributed by atoms with Gasteiger partial charge in [-0.2, -0.15) is 4.57 Å². The summed E-state index contributed by atoms with van der Waals surface area (Å²) < 4.78 is 6.78. The number of carbonyl (C=O) groups is 1. The van der Waals surface area contributed by atoms with Crippen LogP contribution in [0, 0.1) is 0 Å². The summed E-state index contributed by atoms with van der Waals surface area (Å²) in [5.41, 5.74) is 1.35. The van der Waals surface area contributed by atoms with Crippen LogP contribution >= 0.6 is 0 Å². The van der Waals surface area contributed by atoms with E-state index in [1.54, 1.807) is 7.11 Å². The van der Waals surface area contributed by atoms with Crippen molar-refractivity contribution in [3.63, 3.8) is 0 Å². The average Bonchev–Trinajstić information content (AvgIpc) is 2.42. The molecule has 0 atom stereocenters. The number of methoxy groups -OCH3 is 1. The first-order valence-corrected chi connectivity index (χ1v) is 6.95. The minimum absolute atomic E-state index is 0.0114. The Morgan fingerprint density at radius 2 is 1.95 bits per heavy atom. The van der Waals surface area contributed by atoms with Gasteiger partial charge in [0, 0.05) is 25.8 Å². The molecule has 1 N–H and O–H groups in total. The number of nitrogens with one attached hydrogen (secondary N) is 1. The van der Waals surface area contributed by atoms with Crippen LogP contribution in [0.4, 0.5) is 0 Å². The smallest absolute Gasteiger partial charge is 0.286 e. The zero-order valence-corrected chi connectivity index (χ0v) is 12.2. The van der Waals surface area contributed by atoms with Crippen LogP contribution in [0.15, 0.2) is 24.5 Å². The first-order chi connectivity index (χ1) is 9.21. The molecule has 19 heavy (non-hydrogen) atoms. The molecule has 0 spiro atoms. The van der Waals surface area contributed by atoms with Crippen LogP contribution in [-0.2, 0) is 16.1 Å². The third kappa shape index (κ3) is 5.39. The first-order valence-electron chi connectivity index (χ1n) is 6.95. The van der Waals surface area contributed by atoms with Gasteiger partial charge in [0.2, 0.25) is 6.54 Å². The minimum atomic E-state index is 0.0114. The third-order valence-corrected chi connectivity index (χ3v) is 3.33. The van der Waals surface area contributed by atoms with Gasteiger partial charge in [-0.25, -0.2) is 0 Å². The Bertz CT molecular complexity index is 372. The van der Waals surface area contributed by atoms with Crippen molar-refractivity contribution in [1.29, 1.82) is 0 Å². The van der Waals surface area contributed by atoms with Crippen molar-refractivity contribution >= 4 is 5.91 Å². The van der Waals surface area contributed by atoms with E-state index in [2.05, 4.69) is 31.3 Å². The van der Waals surface area contributed by atoms with Gasteiger partial charge in [-0.3, -0.25) is 4.79 Å². The van der Waals surface area contributed by atoms with E-state index >= 15 is 0 Å². The molecule has 1 heterocycles. The molecule has 0 aliphatic heterocycles. The highest BCUT2D eigenvalue weighted by Crippen LogP contribution is 2.21. The molecule has 1 rings (SSSR count). The summed E-state index contributed by atoms with van der Waals surface area (Å²) in [6.45, 7) is 5.87. The molecule has 4 nitrogen and oxygen atoms in total. The Kier molecular flexibility index (Phi) is 7.11. The van der Waals surface area contributed by atoms with Crippen molar-refractivity contribution < 1.29 is 14.1 Å². The van der Waals surface area contributed by atoms with Gasteiger partial charge in [-0.15, -0.1) is 0 Å². The molecule has 0 aliphatic carbocycles. The summed E-state index contributed by atoms with van der Waals surface area (Å²) in [7, 11) is 1.62. The van der Waals surface area contributed by atoms with Gasteiger partial charge >= 0.3 is 0 Å². The number of ether oxygens (including phenoxy) is 1. The molecule has 1 amide bonds. The largest absolute Gasteiger partial charge is 0.383 e. The number of amides is 1. The van der Waals surface area contributed by atoms with E-state index in [0.29, 0.717) is 25.6 Å². The lowest BCUT2D eigenvalue weighted by atomic mass is 9.95. The number of rotatable bonds is 8. The molecule has 0 saturated carbocycles. The van der Waals surface area contributed by atoms with E-state index in [-0.39, 0.29) is 5.91 Å². The van der Waals surface area contributed by atoms with Crippen molar-refractivity contribution in [3.8, 4) is 0 Å². The van der Waals surface area contributed by atoms with E-state index in [9.17, 15) is 4.79 Å². The molecule has 1 aromatic heterocycles. The van der Waals surface area contributed by atoms with Gasteiger partial charge in [0.1, 0.15) is 0 Å². The molecule has 106 valence electrons. The predicted octanol–water partition coefficient (Wildman–Crippen LogP) is 1.64. The van der Waals surface area contributed by atoms with Crippen molar-refractivity contribution in [2.45, 2.75) is 39.2 Å². The summed E-state index contributed by atoms with van der Waals surface area (Å²) >= 11 is 0. The molecule has 0 aromatic carbocycles. The second-order valence-electron chi connectivity index (χ2n) is 4.66. The lowest BCUT2D eigenvalue weighted by molar-refractivity contribution is -0.684. The predicted molar refractivity (Wildman–Crippen MR) is 74.8 cm³/mol. The summed E-state index contributed by atoms with van der Waals surface area (Å²) in [4.78, 5) is 11.6. The second-order valence-corrected chi connectivity index (χ2v) is 4.66. The molecule has 0 bridgehead atoms. The molecule has 0 unspecified atom stereocenters. The highest BCUT2D eigenvalue weighted by Gasteiger charge is 2.11. The fraction of sp³-hybridized carbons (Fsp3) is 0.600. The van der Waals surface area contributed by atoms with Crippen molar-refractivity contribution in [2.75, 3.05) is 20.3 Å². The lowest BCUT2D eigenvalue weighted by Gasteiger charge is -2.11. The molecule has 0 aliphatic rings. The van der Waals surface area contributed by atoms with Crippen LogP contribution < -0.4 is 9.88 Å². The van der Waals surface area contributed by atoms with Crippen LogP contribution in [-0.4, -0.2) is 26.2 Å². The zero-order valence-electron chi connectivity index (χ0n) is 12.2. The molecule has 0 saturated heterocycles. The summed E-state index contributed by atoms with van der Waals surface area (Å²) in [5, 5.41) is 2.81. The van der Waals surface area contributed by atoms with Gasteiger partial charge in [0.25, 0.3) is 5.91 Å². The number of carbonyl (C=O) groups excluding carboxylic acids is 1. The fourth-order valence-corrected chi connectivity index (χ4v) is 2.12.